The fraction of sp³-hybridized carbons (Fsp3) is 0.333. The second-order valence-corrected chi connectivity index (χ2v) is 8.27. The highest BCUT2D eigenvalue weighted by Gasteiger charge is 2.37. The minimum Gasteiger partial charge on any atom is -0.224 e. The smallest absolute Gasteiger partial charge is 0.224 e. The lowest BCUT2D eigenvalue weighted by molar-refractivity contribution is 0.595. The maximum atomic E-state index is 11.5. The van der Waals surface area contributed by atoms with Gasteiger partial charge >= 0.3 is 0 Å². The van der Waals surface area contributed by atoms with Crippen molar-refractivity contribution < 1.29 is 8.42 Å². The van der Waals surface area contributed by atoms with Crippen LogP contribution in [0.25, 0.3) is 0 Å². The first-order valence-electron chi connectivity index (χ1n) is 4.07. The summed E-state index contributed by atoms with van der Waals surface area (Å²) < 4.78 is 20.8. The van der Waals surface area contributed by atoms with Gasteiger partial charge in [-0.05, 0) is 12.5 Å². The van der Waals surface area contributed by atoms with E-state index in [2.05, 4.69) is 0 Å². The van der Waals surface area contributed by atoms with Gasteiger partial charge in [0.05, 0.1) is 5.75 Å². The van der Waals surface area contributed by atoms with Crippen LogP contribution in [0.2, 0.25) is 0 Å². The standard InChI is InChI=1S/C9H9Cl3O2S/c1-7-2-4-8(5-3-7)6-15(13,14)9(10,11)12/h2-5H,6H2,1H3. The maximum Gasteiger partial charge on any atom is 0.292 e. The molecule has 84 valence electrons. The van der Waals surface area contributed by atoms with Crippen LogP contribution in [0, 0.1) is 6.92 Å². The Hall–Kier alpha value is 0.0400. The molecule has 0 radical (unpaired) electrons. The van der Waals surface area contributed by atoms with Crippen molar-refractivity contribution in [3.63, 3.8) is 0 Å². The van der Waals surface area contributed by atoms with Gasteiger partial charge in [0.15, 0.2) is 0 Å². The Kier molecular flexibility index (Phi) is 3.93. The third kappa shape index (κ3) is 3.52. The van der Waals surface area contributed by atoms with E-state index in [1.165, 1.54) is 0 Å². The summed E-state index contributed by atoms with van der Waals surface area (Å²) in [4.78, 5) is 0. The van der Waals surface area contributed by atoms with Crippen LogP contribution in [0.1, 0.15) is 11.1 Å². The molecule has 1 aromatic rings. The summed E-state index contributed by atoms with van der Waals surface area (Å²) in [6.07, 6.45) is 0. The molecule has 0 bridgehead atoms. The summed E-state index contributed by atoms with van der Waals surface area (Å²) in [6.45, 7) is 1.91. The first kappa shape index (κ1) is 13.1. The van der Waals surface area contributed by atoms with Gasteiger partial charge in [0.1, 0.15) is 0 Å². The molecule has 0 aliphatic heterocycles. The van der Waals surface area contributed by atoms with Gasteiger partial charge in [0.25, 0.3) is 3.12 Å². The number of benzene rings is 1. The molecule has 1 rings (SSSR count). The molecule has 1 aromatic carbocycles. The van der Waals surface area contributed by atoms with E-state index in [0.29, 0.717) is 5.56 Å². The molecule has 2 nitrogen and oxygen atoms in total. The minimum absolute atomic E-state index is 0.274. The number of halogens is 3. The zero-order valence-electron chi connectivity index (χ0n) is 7.88. The van der Waals surface area contributed by atoms with Crippen molar-refractivity contribution >= 4 is 44.6 Å². The average molecular weight is 288 g/mol. The second-order valence-electron chi connectivity index (χ2n) is 3.19. The van der Waals surface area contributed by atoms with E-state index in [4.69, 9.17) is 34.8 Å². The van der Waals surface area contributed by atoms with Gasteiger partial charge in [-0.3, -0.25) is 0 Å². The number of sulfone groups is 1. The van der Waals surface area contributed by atoms with Crippen LogP contribution in [-0.4, -0.2) is 11.5 Å². The van der Waals surface area contributed by atoms with E-state index >= 15 is 0 Å². The second kappa shape index (κ2) is 4.50. The highest BCUT2D eigenvalue weighted by molar-refractivity contribution is 7.96. The summed E-state index contributed by atoms with van der Waals surface area (Å²) >= 11 is 16.0. The first-order valence-corrected chi connectivity index (χ1v) is 6.85. The highest BCUT2D eigenvalue weighted by atomic mass is 35.6. The third-order valence-corrected chi connectivity index (χ3v) is 5.36. The molecule has 0 heterocycles. The molecule has 0 atom stereocenters. The van der Waals surface area contributed by atoms with Gasteiger partial charge in [-0.25, -0.2) is 8.42 Å². The van der Waals surface area contributed by atoms with Crippen molar-refractivity contribution in [2.75, 3.05) is 0 Å². The van der Waals surface area contributed by atoms with E-state index in [-0.39, 0.29) is 5.75 Å². The topological polar surface area (TPSA) is 34.1 Å². The van der Waals surface area contributed by atoms with Gasteiger partial charge in [-0.1, -0.05) is 64.6 Å². The lowest BCUT2D eigenvalue weighted by Gasteiger charge is -2.12. The molecule has 0 fully saturated rings. The molecule has 0 N–H and O–H groups in total. The highest BCUT2D eigenvalue weighted by Crippen LogP contribution is 2.35. The van der Waals surface area contributed by atoms with E-state index in [1.54, 1.807) is 12.1 Å². The zero-order valence-corrected chi connectivity index (χ0v) is 11.0. The molecular weight excluding hydrogens is 279 g/mol. The molecule has 0 saturated heterocycles. The van der Waals surface area contributed by atoms with E-state index in [0.717, 1.165) is 5.56 Å². The molecule has 0 saturated carbocycles. The van der Waals surface area contributed by atoms with Gasteiger partial charge in [-0.15, -0.1) is 0 Å². The SMILES string of the molecule is Cc1ccc(CS(=O)(=O)C(Cl)(Cl)Cl)cc1. The van der Waals surface area contributed by atoms with Crippen molar-refractivity contribution in [1.82, 2.24) is 0 Å². The molecule has 0 unspecified atom stereocenters. The molecule has 0 aromatic heterocycles. The predicted octanol–water partition coefficient (Wildman–Crippen LogP) is 3.24. The zero-order chi connectivity index (χ0) is 11.7. The van der Waals surface area contributed by atoms with Crippen LogP contribution >= 0.6 is 34.8 Å². The van der Waals surface area contributed by atoms with Gasteiger partial charge in [0, 0.05) is 0 Å². The van der Waals surface area contributed by atoms with Gasteiger partial charge < -0.3 is 0 Å². The molecule has 6 heteroatoms. The summed E-state index contributed by atoms with van der Waals surface area (Å²) in [7, 11) is -3.77. The van der Waals surface area contributed by atoms with Crippen molar-refractivity contribution in [3.8, 4) is 0 Å². The summed E-state index contributed by atoms with van der Waals surface area (Å²) in [5.41, 5.74) is 1.65. The molecule has 0 aliphatic rings. The lowest BCUT2D eigenvalue weighted by Crippen LogP contribution is -2.21. The Morgan fingerprint density at radius 3 is 2.00 bits per heavy atom. The quantitative estimate of drug-likeness (QED) is 0.783. The van der Waals surface area contributed by atoms with E-state index in [1.807, 2.05) is 19.1 Å². The average Bonchev–Trinajstić information content (AvgIpc) is 2.06. The number of hydrogen-bond acceptors (Lipinski definition) is 2. The van der Waals surface area contributed by atoms with Gasteiger partial charge in [-0.2, -0.15) is 0 Å². The Morgan fingerprint density at radius 2 is 1.60 bits per heavy atom. The number of aryl methyl sites for hydroxylation is 1. The fourth-order valence-corrected chi connectivity index (χ4v) is 2.27. The molecule has 0 aliphatic carbocycles. The number of alkyl halides is 3. The van der Waals surface area contributed by atoms with E-state index < -0.39 is 13.0 Å². The summed E-state index contributed by atoms with van der Waals surface area (Å²) in [5.74, 6) is -0.274. The predicted molar refractivity (Wildman–Crippen MR) is 64.1 cm³/mol. The van der Waals surface area contributed by atoms with Crippen LogP contribution in [-0.2, 0) is 15.6 Å². The summed E-state index contributed by atoms with van der Waals surface area (Å²) in [5, 5.41) is 0. The van der Waals surface area contributed by atoms with Crippen LogP contribution in [0.15, 0.2) is 24.3 Å². The lowest BCUT2D eigenvalue weighted by atomic mass is 10.2. The molecular formula is C9H9Cl3O2S. The Bertz CT molecular complexity index is 431. The van der Waals surface area contributed by atoms with Crippen molar-refractivity contribution in [2.24, 2.45) is 0 Å². The third-order valence-electron chi connectivity index (χ3n) is 1.83. The molecule has 0 amide bonds. The maximum absolute atomic E-state index is 11.5. The number of hydrogen-bond donors (Lipinski definition) is 0. The summed E-state index contributed by atoms with van der Waals surface area (Å²) in [6, 6.07) is 7.01. The molecule has 0 spiro atoms. The first-order chi connectivity index (χ1) is 6.72. The fourth-order valence-electron chi connectivity index (χ4n) is 0.986. The van der Waals surface area contributed by atoms with Crippen LogP contribution in [0.5, 0.6) is 0 Å². The molecule has 15 heavy (non-hydrogen) atoms. The normalized spacial score (nSPS) is 12.8. The van der Waals surface area contributed by atoms with Crippen LogP contribution < -0.4 is 0 Å². The Balaban J connectivity index is 2.93. The Labute approximate surface area is 104 Å². The van der Waals surface area contributed by atoms with Crippen LogP contribution in [0.3, 0.4) is 0 Å². The van der Waals surface area contributed by atoms with Crippen LogP contribution in [0.4, 0.5) is 0 Å². The van der Waals surface area contributed by atoms with Crippen molar-refractivity contribution in [2.45, 2.75) is 15.8 Å². The monoisotopic (exact) mass is 286 g/mol. The largest absolute Gasteiger partial charge is 0.292 e. The van der Waals surface area contributed by atoms with Crippen molar-refractivity contribution in [1.29, 1.82) is 0 Å². The van der Waals surface area contributed by atoms with E-state index in [9.17, 15) is 8.42 Å². The van der Waals surface area contributed by atoms with Crippen molar-refractivity contribution in [3.05, 3.63) is 35.4 Å². The van der Waals surface area contributed by atoms with Gasteiger partial charge in [0.2, 0.25) is 9.84 Å². The number of rotatable bonds is 2. The Morgan fingerprint density at radius 1 is 1.13 bits per heavy atom. The minimum atomic E-state index is -3.77.